The van der Waals surface area contributed by atoms with Crippen molar-refractivity contribution in [1.82, 2.24) is 9.80 Å². The first kappa shape index (κ1) is 18.7. The van der Waals surface area contributed by atoms with E-state index >= 15 is 0 Å². The molecule has 0 aromatic carbocycles. The van der Waals surface area contributed by atoms with Crippen LogP contribution in [0.4, 0.5) is 0 Å². The molecule has 2 atom stereocenters. The predicted molar refractivity (Wildman–Crippen MR) is 89.7 cm³/mol. The summed E-state index contributed by atoms with van der Waals surface area (Å²) < 4.78 is 0. The number of nitrogens with two attached hydrogens (primary N) is 1. The Bertz CT molecular complexity index is 319. The van der Waals surface area contributed by atoms with Gasteiger partial charge in [0.15, 0.2) is 0 Å². The van der Waals surface area contributed by atoms with E-state index in [0.29, 0.717) is 6.04 Å². The molecule has 0 aromatic heterocycles. The smallest absolute Gasteiger partial charge is 0.236 e. The monoisotopic (exact) mass is 317 g/mol. The average Bonchev–Trinajstić information content (AvgIpc) is 2.47. The molecule has 2 unspecified atom stereocenters. The first-order chi connectivity index (χ1) is 9.65. The number of piperidine rings is 2. The molecule has 1 amide bonds. The number of nitrogens with zero attached hydrogens (tertiary/aromatic N) is 2. The summed E-state index contributed by atoms with van der Waals surface area (Å²) in [4.78, 5) is 16.5. The Labute approximate surface area is 135 Å². The second-order valence-corrected chi connectivity index (χ2v) is 6.66. The highest BCUT2D eigenvalue weighted by Crippen LogP contribution is 2.35. The number of amides is 1. The Morgan fingerprint density at radius 2 is 1.76 bits per heavy atom. The van der Waals surface area contributed by atoms with Gasteiger partial charge in [0.05, 0.1) is 6.54 Å². The number of hydrogen-bond donors (Lipinski definition) is 1. The summed E-state index contributed by atoms with van der Waals surface area (Å²) in [5.41, 5.74) is 5.56. The van der Waals surface area contributed by atoms with E-state index in [4.69, 9.17) is 5.73 Å². The standard InChI is InChI=1S/C16H31N3O.ClH/c1-3-4-15-11-14(7-10-19(15)16(20)12-17)13-5-8-18(2)9-6-13;/h13-15H,3-12,17H2,1-2H3;1H. The molecule has 2 saturated heterocycles. The van der Waals surface area contributed by atoms with Crippen molar-refractivity contribution >= 4 is 18.3 Å². The molecule has 2 aliphatic rings. The van der Waals surface area contributed by atoms with Crippen LogP contribution in [0.3, 0.4) is 0 Å². The number of carbonyl (C=O) groups is 1. The van der Waals surface area contributed by atoms with Gasteiger partial charge in [0.2, 0.25) is 5.91 Å². The molecular weight excluding hydrogens is 286 g/mol. The van der Waals surface area contributed by atoms with Gasteiger partial charge in [-0.1, -0.05) is 13.3 Å². The average molecular weight is 318 g/mol. The van der Waals surface area contributed by atoms with E-state index in [-0.39, 0.29) is 24.9 Å². The second kappa shape index (κ2) is 8.96. The van der Waals surface area contributed by atoms with Crippen LogP contribution in [0.1, 0.15) is 45.4 Å². The minimum atomic E-state index is 0. The van der Waals surface area contributed by atoms with Crippen LogP contribution in [0.5, 0.6) is 0 Å². The third-order valence-corrected chi connectivity index (χ3v) is 5.30. The quantitative estimate of drug-likeness (QED) is 0.864. The summed E-state index contributed by atoms with van der Waals surface area (Å²) in [5.74, 6) is 1.84. The molecule has 5 heteroatoms. The first-order valence-corrected chi connectivity index (χ1v) is 8.33. The van der Waals surface area contributed by atoms with Crippen LogP contribution in [0.15, 0.2) is 0 Å². The van der Waals surface area contributed by atoms with Gasteiger partial charge in [-0.05, 0) is 64.1 Å². The van der Waals surface area contributed by atoms with Gasteiger partial charge in [-0.2, -0.15) is 0 Å². The zero-order chi connectivity index (χ0) is 14.5. The Morgan fingerprint density at radius 3 is 2.33 bits per heavy atom. The van der Waals surface area contributed by atoms with E-state index in [1.807, 2.05) is 0 Å². The maximum atomic E-state index is 12.0. The highest BCUT2D eigenvalue weighted by molar-refractivity contribution is 5.85. The first-order valence-electron chi connectivity index (χ1n) is 8.33. The number of likely N-dealkylation sites (tertiary alicyclic amines) is 2. The van der Waals surface area contributed by atoms with E-state index in [9.17, 15) is 4.79 Å². The van der Waals surface area contributed by atoms with Crippen LogP contribution >= 0.6 is 12.4 Å². The Hall–Kier alpha value is -0.320. The van der Waals surface area contributed by atoms with Gasteiger partial charge in [-0.3, -0.25) is 4.79 Å². The summed E-state index contributed by atoms with van der Waals surface area (Å²) in [5, 5.41) is 0. The molecule has 0 aliphatic carbocycles. The number of carbonyl (C=O) groups excluding carboxylic acids is 1. The summed E-state index contributed by atoms with van der Waals surface area (Å²) in [6.45, 7) is 5.79. The fourth-order valence-electron chi connectivity index (χ4n) is 4.06. The number of halogens is 1. The minimum absolute atomic E-state index is 0. The Kier molecular flexibility index (Phi) is 7.99. The highest BCUT2D eigenvalue weighted by atomic mass is 35.5. The van der Waals surface area contributed by atoms with Crippen LogP contribution in [-0.4, -0.2) is 55.0 Å². The van der Waals surface area contributed by atoms with Crippen molar-refractivity contribution in [3.8, 4) is 0 Å². The maximum Gasteiger partial charge on any atom is 0.236 e. The summed E-state index contributed by atoms with van der Waals surface area (Å²) >= 11 is 0. The van der Waals surface area contributed by atoms with Gasteiger partial charge in [-0.15, -0.1) is 12.4 Å². The van der Waals surface area contributed by atoms with Crippen LogP contribution in [-0.2, 0) is 4.79 Å². The molecule has 0 radical (unpaired) electrons. The van der Waals surface area contributed by atoms with E-state index in [1.165, 1.54) is 38.8 Å². The molecule has 124 valence electrons. The SMILES string of the molecule is CCCC1CC(C2CCN(C)CC2)CCN1C(=O)CN.Cl. The van der Waals surface area contributed by atoms with Crippen molar-refractivity contribution in [3.05, 3.63) is 0 Å². The molecule has 2 fully saturated rings. The van der Waals surface area contributed by atoms with Crippen molar-refractivity contribution < 1.29 is 4.79 Å². The van der Waals surface area contributed by atoms with Crippen LogP contribution in [0.25, 0.3) is 0 Å². The second-order valence-electron chi connectivity index (χ2n) is 6.66. The lowest BCUT2D eigenvalue weighted by molar-refractivity contribution is -0.134. The lowest BCUT2D eigenvalue weighted by Gasteiger charge is -2.44. The fraction of sp³-hybridized carbons (Fsp3) is 0.938. The Balaban J connectivity index is 0.00000220. The number of hydrogen-bond acceptors (Lipinski definition) is 3. The third kappa shape index (κ3) is 4.83. The lowest BCUT2D eigenvalue weighted by Crippen LogP contribution is -2.50. The highest BCUT2D eigenvalue weighted by Gasteiger charge is 2.34. The maximum absolute atomic E-state index is 12.0. The molecule has 0 spiro atoms. The van der Waals surface area contributed by atoms with Gasteiger partial charge in [0.1, 0.15) is 0 Å². The van der Waals surface area contributed by atoms with E-state index in [0.717, 1.165) is 31.2 Å². The van der Waals surface area contributed by atoms with Gasteiger partial charge in [0, 0.05) is 12.6 Å². The van der Waals surface area contributed by atoms with E-state index < -0.39 is 0 Å². The van der Waals surface area contributed by atoms with Crippen molar-refractivity contribution in [2.75, 3.05) is 33.2 Å². The minimum Gasteiger partial charge on any atom is -0.339 e. The molecule has 2 heterocycles. The fourth-order valence-corrected chi connectivity index (χ4v) is 4.06. The van der Waals surface area contributed by atoms with Crippen LogP contribution in [0, 0.1) is 11.8 Å². The zero-order valence-corrected chi connectivity index (χ0v) is 14.4. The third-order valence-electron chi connectivity index (χ3n) is 5.30. The van der Waals surface area contributed by atoms with E-state index in [2.05, 4.69) is 23.8 Å². The molecule has 21 heavy (non-hydrogen) atoms. The molecule has 4 nitrogen and oxygen atoms in total. The topological polar surface area (TPSA) is 49.6 Å². The molecule has 0 aromatic rings. The summed E-state index contributed by atoms with van der Waals surface area (Å²) in [7, 11) is 2.22. The lowest BCUT2D eigenvalue weighted by atomic mass is 9.76. The predicted octanol–water partition coefficient (Wildman–Crippen LogP) is 2.12. The molecule has 2 N–H and O–H groups in total. The van der Waals surface area contributed by atoms with Crippen LogP contribution in [0.2, 0.25) is 0 Å². The summed E-state index contributed by atoms with van der Waals surface area (Å²) in [6, 6.07) is 0.439. The van der Waals surface area contributed by atoms with Gasteiger partial charge in [-0.25, -0.2) is 0 Å². The molecule has 0 saturated carbocycles. The van der Waals surface area contributed by atoms with Crippen molar-refractivity contribution in [1.29, 1.82) is 0 Å². The van der Waals surface area contributed by atoms with Crippen LogP contribution < -0.4 is 5.73 Å². The van der Waals surface area contributed by atoms with E-state index in [1.54, 1.807) is 0 Å². The van der Waals surface area contributed by atoms with Crippen molar-refractivity contribution in [3.63, 3.8) is 0 Å². The molecular formula is C16H32ClN3O. The molecule has 2 aliphatic heterocycles. The summed E-state index contributed by atoms with van der Waals surface area (Å²) in [6.07, 6.45) is 7.35. The zero-order valence-electron chi connectivity index (χ0n) is 13.6. The van der Waals surface area contributed by atoms with Crippen molar-refractivity contribution in [2.45, 2.75) is 51.5 Å². The normalized spacial score (nSPS) is 28.2. The van der Waals surface area contributed by atoms with Gasteiger partial charge >= 0.3 is 0 Å². The van der Waals surface area contributed by atoms with Crippen molar-refractivity contribution in [2.24, 2.45) is 17.6 Å². The number of rotatable bonds is 4. The molecule has 0 bridgehead atoms. The van der Waals surface area contributed by atoms with Gasteiger partial charge in [0.25, 0.3) is 0 Å². The molecule has 2 rings (SSSR count). The van der Waals surface area contributed by atoms with Gasteiger partial charge < -0.3 is 15.5 Å². The Morgan fingerprint density at radius 1 is 1.14 bits per heavy atom. The largest absolute Gasteiger partial charge is 0.339 e.